The van der Waals surface area contributed by atoms with Gasteiger partial charge in [-0.3, -0.25) is 4.79 Å². The lowest BCUT2D eigenvalue weighted by Gasteiger charge is -2.22. The van der Waals surface area contributed by atoms with Crippen molar-refractivity contribution in [2.75, 3.05) is 12.3 Å². The largest absolute Gasteiger partial charge is 0.399 e. The number of benzene rings is 1. The first-order chi connectivity index (χ1) is 9.48. The Balaban J connectivity index is 1.66. The third kappa shape index (κ3) is 2.19. The van der Waals surface area contributed by atoms with Crippen molar-refractivity contribution >= 4 is 11.6 Å². The molecule has 2 aliphatic carbocycles. The fourth-order valence-corrected chi connectivity index (χ4v) is 3.12. The number of nitrogens with one attached hydrogen (secondary N) is 1. The molecule has 0 heterocycles. The average Bonchev–Trinajstić information content (AvgIpc) is 3.31. The Morgan fingerprint density at radius 2 is 1.80 bits per heavy atom. The highest BCUT2D eigenvalue weighted by Gasteiger charge is 2.52. The zero-order valence-corrected chi connectivity index (χ0v) is 12.4. The van der Waals surface area contributed by atoms with Crippen LogP contribution in [0.5, 0.6) is 0 Å². The fraction of sp³-hybridized carbons (Fsp3) is 0.588. The smallest absolute Gasteiger partial charge is 0.230 e. The van der Waals surface area contributed by atoms with Crippen molar-refractivity contribution in [3.05, 3.63) is 29.8 Å². The Morgan fingerprint density at radius 3 is 2.25 bits per heavy atom. The molecule has 0 radical (unpaired) electrons. The van der Waals surface area contributed by atoms with E-state index in [9.17, 15) is 4.79 Å². The normalized spacial score (nSPS) is 21.6. The van der Waals surface area contributed by atoms with Gasteiger partial charge in [-0.05, 0) is 54.7 Å². The molecule has 108 valence electrons. The molecule has 3 nitrogen and oxygen atoms in total. The van der Waals surface area contributed by atoms with Crippen molar-refractivity contribution < 1.29 is 4.79 Å². The molecule has 0 unspecified atom stereocenters. The van der Waals surface area contributed by atoms with Crippen LogP contribution in [0.4, 0.5) is 5.69 Å². The first-order valence-electron chi connectivity index (χ1n) is 7.63. The van der Waals surface area contributed by atoms with Crippen molar-refractivity contribution in [1.82, 2.24) is 5.32 Å². The highest BCUT2D eigenvalue weighted by atomic mass is 16.2. The van der Waals surface area contributed by atoms with E-state index in [1.54, 1.807) is 0 Å². The molecular formula is C17H24N2O. The van der Waals surface area contributed by atoms with E-state index in [4.69, 9.17) is 5.73 Å². The van der Waals surface area contributed by atoms with Gasteiger partial charge >= 0.3 is 0 Å². The van der Waals surface area contributed by atoms with Gasteiger partial charge in [0, 0.05) is 12.2 Å². The van der Waals surface area contributed by atoms with Gasteiger partial charge in [0.15, 0.2) is 0 Å². The number of hydrogen-bond acceptors (Lipinski definition) is 2. The maximum absolute atomic E-state index is 12.6. The zero-order valence-electron chi connectivity index (χ0n) is 12.4. The van der Waals surface area contributed by atoms with Crippen molar-refractivity contribution in [3.63, 3.8) is 0 Å². The number of carbonyl (C=O) groups excluding carboxylic acids is 1. The van der Waals surface area contributed by atoms with E-state index in [1.807, 2.05) is 24.3 Å². The number of rotatable bonds is 5. The summed E-state index contributed by atoms with van der Waals surface area (Å²) < 4.78 is 0. The van der Waals surface area contributed by atoms with Crippen molar-refractivity contribution in [1.29, 1.82) is 0 Å². The Hall–Kier alpha value is -1.51. The van der Waals surface area contributed by atoms with Crippen LogP contribution in [-0.4, -0.2) is 12.5 Å². The summed E-state index contributed by atoms with van der Waals surface area (Å²) in [4.78, 5) is 12.6. The monoisotopic (exact) mass is 272 g/mol. The van der Waals surface area contributed by atoms with Crippen LogP contribution in [0, 0.1) is 11.3 Å². The SMILES string of the molecule is CC(C)C1(CNC(=O)C2(c3ccc(N)cc3)CC2)CC1. The van der Waals surface area contributed by atoms with Gasteiger partial charge in [0.1, 0.15) is 0 Å². The molecule has 0 bridgehead atoms. The summed E-state index contributed by atoms with van der Waals surface area (Å²) in [5, 5.41) is 3.21. The van der Waals surface area contributed by atoms with E-state index in [2.05, 4.69) is 19.2 Å². The van der Waals surface area contributed by atoms with Gasteiger partial charge in [0.2, 0.25) is 5.91 Å². The van der Waals surface area contributed by atoms with Gasteiger partial charge in [0.25, 0.3) is 0 Å². The minimum absolute atomic E-state index is 0.203. The molecular weight excluding hydrogens is 248 g/mol. The molecule has 0 spiro atoms. The predicted molar refractivity (Wildman–Crippen MR) is 81.3 cm³/mol. The van der Waals surface area contributed by atoms with Crippen LogP contribution in [-0.2, 0) is 10.2 Å². The van der Waals surface area contributed by atoms with Crippen LogP contribution in [0.15, 0.2) is 24.3 Å². The fourth-order valence-electron chi connectivity index (χ4n) is 3.12. The lowest BCUT2D eigenvalue weighted by Crippen LogP contribution is -2.39. The van der Waals surface area contributed by atoms with E-state index in [0.717, 1.165) is 30.6 Å². The van der Waals surface area contributed by atoms with Crippen LogP contribution in [0.3, 0.4) is 0 Å². The molecule has 0 atom stereocenters. The Morgan fingerprint density at radius 1 is 1.20 bits per heavy atom. The first kappa shape index (κ1) is 13.5. The van der Waals surface area contributed by atoms with Gasteiger partial charge in [-0.15, -0.1) is 0 Å². The van der Waals surface area contributed by atoms with Gasteiger partial charge in [0.05, 0.1) is 5.41 Å². The van der Waals surface area contributed by atoms with Crippen LogP contribution in [0.1, 0.15) is 45.1 Å². The van der Waals surface area contributed by atoms with Crippen LogP contribution in [0.25, 0.3) is 0 Å². The lowest BCUT2D eigenvalue weighted by molar-refractivity contribution is -0.123. The van der Waals surface area contributed by atoms with Gasteiger partial charge in [-0.1, -0.05) is 26.0 Å². The Bertz CT molecular complexity index is 510. The number of anilines is 1. The molecule has 2 aliphatic rings. The summed E-state index contributed by atoms with van der Waals surface area (Å²) in [6.45, 7) is 5.35. The van der Waals surface area contributed by atoms with E-state index < -0.39 is 0 Å². The van der Waals surface area contributed by atoms with E-state index in [-0.39, 0.29) is 11.3 Å². The van der Waals surface area contributed by atoms with Gasteiger partial charge in [-0.2, -0.15) is 0 Å². The molecule has 0 aromatic heterocycles. The summed E-state index contributed by atoms with van der Waals surface area (Å²) in [6, 6.07) is 7.77. The van der Waals surface area contributed by atoms with Crippen molar-refractivity contribution in [2.24, 2.45) is 11.3 Å². The molecule has 0 aliphatic heterocycles. The number of carbonyl (C=O) groups is 1. The number of nitrogen functional groups attached to an aromatic ring is 1. The zero-order chi connectivity index (χ0) is 14.4. The summed E-state index contributed by atoms with van der Waals surface area (Å²) in [5.74, 6) is 0.851. The van der Waals surface area contributed by atoms with E-state index in [0.29, 0.717) is 11.3 Å². The molecule has 0 saturated heterocycles. The van der Waals surface area contributed by atoms with Crippen molar-refractivity contribution in [3.8, 4) is 0 Å². The molecule has 2 saturated carbocycles. The topological polar surface area (TPSA) is 55.1 Å². The molecule has 20 heavy (non-hydrogen) atoms. The maximum Gasteiger partial charge on any atom is 0.230 e. The highest BCUT2D eigenvalue weighted by Crippen LogP contribution is 2.52. The first-order valence-corrected chi connectivity index (χ1v) is 7.63. The van der Waals surface area contributed by atoms with Crippen LogP contribution >= 0.6 is 0 Å². The van der Waals surface area contributed by atoms with E-state index in [1.165, 1.54) is 12.8 Å². The van der Waals surface area contributed by atoms with Crippen LogP contribution < -0.4 is 11.1 Å². The summed E-state index contributed by atoms with van der Waals surface area (Å²) in [7, 11) is 0. The summed E-state index contributed by atoms with van der Waals surface area (Å²) >= 11 is 0. The van der Waals surface area contributed by atoms with E-state index >= 15 is 0 Å². The molecule has 3 rings (SSSR count). The second-order valence-corrected chi connectivity index (χ2v) is 6.90. The minimum Gasteiger partial charge on any atom is -0.399 e. The molecule has 1 aromatic carbocycles. The molecule has 3 heteroatoms. The summed E-state index contributed by atoms with van der Waals surface area (Å²) in [5.41, 5.74) is 7.68. The third-order valence-electron chi connectivity index (χ3n) is 5.37. The minimum atomic E-state index is -0.277. The lowest BCUT2D eigenvalue weighted by atomic mass is 9.91. The van der Waals surface area contributed by atoms with Gasteiger partial charge in [-0.25, -0.2) is 0 Å². The maximum atomic E-state index is 12.6. The highest BCUT2D eigenvalue weighted by molar-refractivity contribution is 5.91. The molecule has 1 amide bonds. The van der Waals surface area contributed by atoms with Crippen LogP contribution in [0.2, 0.25) is 0 Å². The molecule has 2 fully saturated rings. The second-order valence-electron chi connectivity index (χ2n) is 6.90. The molecule has 1 aromatic rings. The Kier molecular flexibility index (Phi) is 3.03. The predicted octanol–water partition coefficient (Wildman–Crippen LogP) is 2.85. The number of nitrogens with two attached hydrogens (primary N) is 1. The standard InChI is InChI=1S/C17H24N2O/c1-12(2)16(7-8-16)11-19-15(20)17(9-10-17)13-3-5-14(18)6-4-13/h3-6,12H,7-11,18H2,1-2H3,(H,19,20). The van der Waals surface area contributed by atoms with Crippen molar-refractivity contribution in [2.45, 2.75) is 44.9 Å². The number of hydrogen-bond donors (Lipinski definition) is 2. The third-order valence-corrected chi connectivity index (χ3v) is 5.37. The average molecular weight is 272 g/mol. The molecule has 3 N–H and O–H groups in total. The quantitative estimate of drug-likeness (QED) is 0.810. The van der Waals surface area contributed by atoms with Gasteiger partial charge < -0.3 is 11.1 Å². The summed E-state index contributed by atoms with van der Waals surface area (Å²) in [6.07, 6.45) is 4.41. The second kappa shape index (κ2) is 4.51. The Labute approximate surface area is 120 Å². The number of amides is 1.